The first-order valence-electron chi connectivity index (χ1n) is 15.9. The molecule has 0 N–H and O–H groups in total. The van der Waals surface area contributed by atoms with Gasteiger partial charge in [0.25, 0.3) is 0 Å². The first-order valence-corrected chi connectivity index (χ1v) is 15.9. The van der Waals surface area contributed by atoms with Gasteiger partial charge in [0.1, 0.15) is 0 Å². The maximum atomic E-state index is 4.44. The van der Waals surface area contributed by atoms with Crippen molar-refractivity contribution in [2.75, 3.05) is 4.90 Å². The molecule has 6 aromatic carbocycles. The van der Waals surface area contributed by atoms with E-state index in [0.29, 0.717) is 0 Å². The second-order valence-electron chi connectivity index (χ2n) is 13.7. The third kappa shape index (κ3) is 3.66. The molecule has 2 aliphatic rings. The molecule has 0 aliphatic heterocycles. The highest BCUT2D eigenvalue weighted by atomic mass is 15.1. The molecule has 0 radical (unpaired) electrons. The summed E-state index contributed by atoms with van der Waals surface area (Å²) < 4.78 is 0. The Morgan fingerprint density at radius 3 is 1.96 bits per heavy atom. The molecule has 216 valence electrons. The van der Waals surface area contributed by atoms with E-state index in [0.717, 1.165) is 17.1 Å². The fraction of sp³-hybridized carbons (Fsp3) is 0.140. The van der Waals surface area contributed by atoms with E-state index in [9.17, 15) is 0 Å². The van der Waals surface area contributed by atoms with Crippen LogP contribution in [-0.2, 0) is 10.8 Å². The Kier molecular flexibility index (Phi) is 5.33. The summed E-state index contributed by atoms with van der Waals surface area (Å²) in [6.07, 6.45) is 3.77. The standard InChI is InChI=1S/C43H34N2/c1-42(2)36-14-8-10-27-15-16-29-22-30(24-39(42)41(29)40(27)36)28-17-19-34-35-20-18-32(25-38(35)43(3,4)37(34)23-28)45(31-11-6-5-7-12-31)33-13-9-21-44-26-33/h5-26H,1-4H3. The lowest BCUT2D eigenvalue weighted by Gasteiger charge is -2.28. The molecule has 2 heteroatoms. The van der Waals surface area contributed by atoms with Gasteiger partial charge in [0.2, 0.25) is 0 Å². The molecule has 2 nitrogen and oxygen atoms in total. The SMILES string of the molecule is CC1(C)c2cc(-c3cc4c5c(ccc6cccc(c65)C4(C)C)c3)ccc2-c2ccc(N(c3ccccc3)c3cccnc3)cc21. The summed E-state index contributed by atoms with van der Waals surface area (Å²) in [4.78, 5) is 6.74. The average Bonchev–Trinajstić information content (AvgIpc) is 3.44. The minimum absolute atomic E-state index is 0.0288. The van der Waals surface area contributed by atoms with E-state index in [1.165, 1.54) is 66.1 Å². The molecule has 0 atom stereocenters. The lowest BCUT2D eigenvalue weighted by atomic mass is 9.79. The van der Waals surface area contributed by atoms with Crippen LogP contribution in [-0.4, -0.2) is 4.98 Å². The second kappa shape index (κ2) is 9.15. The van der Waals surface area contributed by atoms with Crippen molar-refractivity contribution in [2.24, 2.45) is 0 Å². The zero-order valence-corrected chi connectivity index (χ0v) is 26.1. The van der Waals surface area contributed by atoms with Gasteiger partial charge in [-0.25, -0.2) is 0 Å². The highest BCUT2D eigenvalue weighted by molar-refractivity contribution is 6.15. The normalized spacial score (nSPS) is 15.0. The largest absolute Gasteiger partial charge is 0.309 e. The molecule has 2 aliphatic carbocycles. The molecule has 1 aromatic heterocycles. The van der Waals surface area contributed by atoms with Gasteiger partial charge < -0.3 is 4.90 Å². The first kappa shape index (κ1) is 26.2. The van der Waals surface area contributed by atoms with E-state index >= 15 is 0 Å². The van der Waals surface area contributed by atoms with E-state index in [2.05, 4.69) is 153 Å². The number of anilines is 3. The van der Waals surface area contributed by atoms with E-state index in [-0.39, 0.29) is 10.8 Å². The molecule has 1 heterocycles. The zero-order valence-electron chi connectivity index (χ0n) is 26.1. The van der Waals surface area contributed by atoms with Gasteiger partial charge in [0.15, 0.2) is 0 Å². The number of hydrogen-bond acceptors (Lipinski definition) is 2. The van der Waals surface area contributed by atoms with Crippen molar-refractivity contribution in [3.63, 3.8) is 0 Å². The number of pyridine rings is 1. The molecular weight excluding hydrogens is 544 g/mol. The van der Waals surface area contributed by atoms with Gasteiger partial charge in [-0.05, 0) is 121 Å². The predicted molar refractivity (Wildman–Crippen MR) is 189 cm³/mol. The van der Waals surface area contributed by atoms with Gasteiger partial charge in [-0.1, -0.05) is 94.4 Å². The number of hydrogen-bond donors (Lipinski definition) is 0. The van der Waals surface area contributed by atoms with Gasteiger partial charge >= 0.3 is 0 Å². The number of fused-ring (bicyclic) bond motifs is 3. The summed E-state index contributed by atoms with van der Waals surface area (Å²) in [7, 11) is 0. The summed E-state index contributed by atoms with van der Waals surface area (Å²) >= 11 is 0. The van der Waals surface area contributed by atoms with Crippen molar-refractivity contribution in [3.05, 3.63) is 156 Å². The molecule has 7 aromatic rings. The Labute approximate surface area is 264 Å². The Bertz CT molecular complexity index is 2270. The van der Waals surface area contributed by atoms with Crippen LogP contribution in [0.25, 0.3) is 43.8 Å². The molecule has 9 rings (SSSR count). The molecule has 0 saturated heterocycles. The van der Waals surface area contributed by atoms with Crippen LogP contribution in [0.1, 0.15) is 49.9 Å². The molecule has 45 heavy (non-hydrogen) atoms. The Morgan fingerprint density at radius 1 is 0.467 bits per heavy atom. The molecule has 0 unspecified atom stereocenters. The fourth-order valence-corrected chi connectivity index (χ4v) is 8.12. The van der Waals surface area contributed by atoms with Crippen molar-refractivity contribution in [1.82, 2.24) is 4.98 Å². The van der Waals surface area contributed by atoms with Crippen LogP contribution in [0.5, 0.6) is 0 Å². The summed E-state index contributed by atoms with van der Waals surface area (Å²) in [5, 5.41) is 5.52. The van der Waals surface area contributed by atoms with Crippen LogP contribution < -0.4 is 4.90 Å². The van der Waals surface area contributed by atoms with E-state index < -0.39 is 0 Å². The number of benzene rings is 6. The lowest BCUT2D eigenvalue weighted by Crippen LogP contribution is -2.17. The van der Waals surface area contributed by atoms with Crippen molar-refractivity contribution in [3.8, 4) is 22.3 Å². The van der Waals surface area contributed by atoms with Crippen molar-refractivity contribution in [2.45, 2.75) is 38.5 Å². The molecular formula is C43H34N2. The maximum Gasteiger partial charge on any atom is 0.0644 e. The fourth-order valence-electron chi connectivity index (χ4n) is 8.12. The Balaban J connectivity index is 1.16. The van der Waals surface area contributed by atoms with Gasteiger partial charge in [-0.15, -0.1) is 0 Å². The van der Waals surface area contributed by atoms with E-state index in [1.807, 2.05) is 18.5 Å². The highest BCUT2D eigenvalue weighted by Gasteiger charge is 2.37. The number of para-hydroxylation sites is 1. The number of rotatable bonds is 4. The molecule has 0 amide bonds. The minimum Gasteiger partial charge on any atom is -0.309 e. The van der Waals surface area contributed by atoms with Gasteiger partial charge in [0, 0.05) is 28.4 Å². The van der Waals surface area contributed by atoms with Crippen LogP contribution in [0.15, 0.2) is 134 Å². The van der Waals surface area contributed by atoms with Crippen LogP contribution in [0.3, 0.4) is 0 Å². The highest BCUT2D eigenvalue weighted by Crippen LogP contribution is 2.53. The maximum absolute atomic E-state index is 4.44. The smallest absolute Gasteiger partial charge is 0.0644 e. The third-order valence-electron chi connectivity index (χ3n) is 10.5. The summed E-state index contributed by atoms with van der Waals surface area (Å²) in [6.45, 7) is 9.51. The quantitative estimate of drug-likeness (QED) is 0.193. The second-order valence-corrected chi connectivity index (χ2v) is 13.7. The zero-order chi connectivity index (χ0) is 30.5. The molecule has 0 spiro atoms. The van der Waals surface area contributed by atoms with Crippen molar-refractivity contribution >= 4 is 38.6 Å². The predicted octanol–water partition coefficient (Wildman–Crippen LogP) is 11.5. The Hall–Kier alpha value is -5.21. The van der Waals surface area contributed by atoms with Crippen molar-refractivity contribution in [1.29, 1.82) is 0 Å². The summed E-state index contributed by atoms with van der Waals surface area (Å²) in [5.74, 6) is 0. The average molecular weight is 579 g/mol. The minimum atomic E-state index is -0.150. The molecule has 0 saturated carbocycles. The van der Waals surface area contributed by atoms with Crippen LogP contribution in [0, 0.1) is 0 Å². The number of nitrogens with zero attached hydrogens (tertiary/aromatic N) is 2. The van der Waals surface area contributed by atoms with Crippen molar-refractivity contribution < 1.29 is 0 Å². The molecule has 0 bridgehead atoms. The van der Waals surface area contributed by atoms with Gasteiger partial charge in [-0.2, -0.15) is 0 Å². The monoisotopic (exact) mass is 578 g/mol. The van der Waals surface area contributed by atoms with E-state index in [1.54, 1.807) is 0 Å². The summed E-state index contributed by atoms with van der Waals surface area (Å²) in [6, 6.07) is 45.0. The van der Waals surface area contributed by atoms with Gasteiger partial charge in [-0.3, -0.25) is 4.98 Å². The summed E-state index contributed by atoms with van der Waals surface area (Å²) in [5.41, 5.74) is 14.0. The third-order valence-corrected chi connectivity index (χ3v) is 10.5. The number of aromatic nitrogens is 1. The lowest BCUT2D eigenvalue weighted by molar-refractivity contribution is 0.660. The van der Waals surface area contributed by atoms with Gasteiger partial charge in [0.05, 0.1) is 11.9 Å². The van der Waals surface area contributed by atoms with E-state index in [4.69, 9.17) is 0 Å². The van der Waals surface area contributed by atoms with Crippen LogP contribution >= 0.6 is 0 Å². The topological polar surface area (TPSA) is 16.1 Å². The first-order chi connectivity index (χ1) is 21.8. The molecule has 0 fully saturated rings. The Morgan fingerprint density at radius 2 is 1.16 bits per heavy atom. The van der Waals surface area contributed by atoms with Crippen LogP contribution in [0.4, 0.5) is 17.1 Å². The van der Waals surface area contributed by atoms with Crippen LogP contribution in [0.2, 0.25) is 0 Å².